The summed E-state index contributed by atoms with van der Waals surface area (Å²) < 4.78 is 5.97. The molecule has 0 bridgehead atoms. The van der Waals surface area contributed by atoms with Gasteiger partial charge in [0.05, 0.1) is 6.61 Å². The molecule has 1 aromatic carbocycles. The molecule has 0 heterocycles. The van der Waals surface area contributed by atoms with E-state index >= 15 is 0 Å². The molecule has 19 heavy (non-hydrogen) atoms. The van der Waals surface area contributed by atoms with Gasteiger partial charge < -0.3 is 10.1 Å². The van der Waals surface area contributed by atoms with Crippen LogP contribution in [0.4, 0.5) is 0 Å². The molecule has 108 valence electrons. The Kier molecular flexibility index (Phi) is 6.93. The molecule has 2 heteroatoms. The molecule has 0 spiro atoms. The predicted octanol–water partition coefficient (Wildman–Crippen LogP) is 4.16. The lowest BCUT2D eigenvalue weighted by molar-refractivity contribution is 0.298. The minimum absolute atomic E-state index is 0.618. The predicted molar refractivity (Wildman–Crippen MR) is 83.1 cm³/mol. The van der Waals surface area contributed by atoms with E-state index in [9.17, 15) is 0 Å². The lowest BCUT2D eigenvalue weighted by Crippen LogP contribution is -2.25. The Balaban J connectivity index is 2.32. The number of rotatable bonds is 8. The third-order valence-electron chi connectivity index (χ3n) is 3.70. The van der Waals surface area contributed by atoms with Crippen molar-refractivity contribution in [2.45, 2.75) is 59.9 Å². The highest BCUT2D eigenvalue weighted by atomic mass is 16.5. The molecular formula is C17H29NO. The van der Waals surface area contributed by atoms with Crippen LogP contribution in [-0.2, 0) is 0 Å². The number of hydrogen-bond donors (Lipinski definition) is 1. The van der Waals surface area contributed by atoms with E-state index in [-0.39, 0.29) is 0 Å². The summed E-state index contributed by atoms with van der Waals surface area (Å²) in [6, 6.07) is 4.92. The molecule has 0 fully saturated rings. The molecule has 1 rings (SSSR count). The van der Waals surface area contributed by atoms with Crippen LogP contribution >= 0.6 is 0 Å². The zero-order valence-electron chi connectivity index (χ0n) is 13.2. The van der Waals surface area contributed by atoms with Gasteiger partial charge in [-0.1, -0.05) is 19.1 Å². The van der Waals surface area contributed by atoms with Crippen LogP contribution in [0.15, 0.2) is 12.1 Å². The van der Waals surface area contributed by atoms with E-state index < -0.39 is 0 Å². The molecule has 1 N–H and O–H groups in total. The number of aryl methyl sites for hydroxylation is 2. The van der Waals surface area contributed by atoms with Gasteiger partial charge in [-0.05, 0) is 70.2 Å². The summed E-state index contributed by atoms with van der Waals surface area (Å²) in [5, 5.41) is 3.44. The summed E-state index contributed by atoms with van der Waals surface area (Å²) in [6.07, 6.45) is 3.57. The van der Waals surface area contributed by atoms with Crippen LogP contribution in [0.25, 0.3) is 0 Å². The molecule has 1 atom stereocenters. The van der Waals surface area contributed by atoms with Crippen LogP contribution < -0.4 is 10.1 Å². The van der Waals surface area contributed by atoms with Crippen molar-refractivity contribution in [3.05, 3.63) is 28.8 Å². The van der Waals surface area contributed by atoms with Crippen molar-refractivity contribution in [2.75, 3.05) is 13.2 Å². The van der Waals surface area contributed by atoms with E-state index in [0.29, 0.717) is 6.04 Å². The molecule has 2 nitrogen and oxygen atoms in total. The average Bonchev–Trinajstić information content (AvgIpc) is 2.38. The quantitative estimate of drug-likeness (QED) is 0.711. The van der Waals surface area contributed by atoms with E-state index in [1.165, 1.54) is 29.5 Å². The molecule has 0 radical (unpaired) electrons. The number of unbranched alkanes of at least 4 members (excludes halogenated alkanes) is 1. The van der Waals surface area contributed by atoms with Gasteiger partial charge in [-0.25, -0.2) is 0 Å². The SMILES string of the molecule is CCNC(C)CCCCOc1c(C)ccc(C)c1C. The van der Waals surface area contributed by atoms with Gasteiger partial charge in [0, 0.05) is 6.04 Å². The first-order chi connectivity index (χ1) is 9.06. The van der Waals surface area contributed by atoms with E-state index in [0.717, 1.165) is 25.3 Å². The van der Waals surface area contributed by atoms with Gasteiger partial charge in [0.1, 0.15) is 5.75 Å². The maximum absolute atomic E-state index is 5.97. The molecule has 0 saturated heterocycles. The fourth-order valence-corrected chi connectivity index (χ4v) is 2.32. The number of benzene rings is 1. The van der Waals surface area contributed by atoms with E-state index in [1.807, 2.05) is 0 Å². The molecule has 1 unspecified atom stereocenters. The van der Waals surface area contributed by atoms with Crippen molar-refractivity contribution in [3.8, 4) is 5.75 Å². The van der Waals surface area contributed by atoms with Crippen LogP contribution in [0.5, 0.6) is 5.75 Å². The highest BCUT2D eigenvalue weighted by Crippen LogP contribution is 2.25. The molecule has 0 aliphatic carbocycles. The highest BCUT2D eigenvalue weighted by Gasteiger charge is 2.06. The van der Waals surface area contributed by atoms with Gasteiger partial charge in [0.25, 0.3) is 0 Å². The number of ether oxygens (including phenoxy) is 1. The van der Waals surface area contributed by atoms with Crippen molar-refractivity contribution in [3.63, 3.8) is 0 Å². The second-order valence-electron chi connectivity index (χ2n) is 5.46. The molecular weight excluding hydrogens is 234 g/mol. The number of nitrogens with one attached hydrogen (secondary N) is 1. The molecule has 0 aromatic heterocycles. The minimum atomic E-state index is 0.618. The molecule has 0 amide bonds. The second-order valence-corrected chi connectivity index (χ2v) is 5.46. The van der Waals surface area contributed by atoms with Crippen molar-refractivity contribution in [1.29, 1.82) is 0 Å². The molecule has 0 aliphatic heterocycles. The Morgan fingerprint density at radius 3 is 2.47 bits per heavy atom. The standard InChI is InChI=1S/C17H29NO/c1-6-18-15(4)9-7-8-12-19-17-14(3)11-10-13(2)16(17)5/h10-11,15,18H,6-9,12H2,1-5H3. The summed E-state index contributed by atoms with van der Waals surface area (Å²) >= 11 is 0. The first kappa shape index (κ1) is 16.0. The lowest BCUT2D eigenvalue weighted by Gasteiger charge is -2.15. The van der Waals surface area contributed by atoms with Gasteiger partial charge in [0.2, 0.25) is 0 Å². The Bertz CT molecular complexity index is 387. The molecule has 1 aromatic rings. The third-order valence-corrected chi connectivity index (χ3v) is 3.70. The summed E-state index contributed by atoms with van der Waals surface area (Å²) in [7, 11) is 0. The molecule has 0 aliphatic rings. The van der Waals surface area contributed by atoms with Crippen LogP contribution in [0.3, 0.4) is 0 Å². The minimum Gasteiger partial charge on any atom is -0.493 e. The summed E-state index contributed by atoms with van der Waals surface area (Å²) in [6.45, 7) is 12.7. The van der Waals surface area contributed by atoms with Crippen molar-refractivity contribution < 1.29 is 4.74 Å². The summed E-state index contributed by atoms with van der Waals surface area (Å²) in [5.41, 5.74) is 3.83. The van der Waals surface area contributed by atoms with E-state index in [4.69, 9.17) is 4.74 Å². The van der Waals surface area contributed by atoms with Gasteiger partial charge >= 0.3 is 0 Å². The summed E-state index contributed by atoms with van der Waals surface area (Å²) in [4.78, 5) is 0. The third kappa shape index (κ3) is 5.23. The smallest absolute Gasteiger partial charge is 0.125 e. The van der Waals surface area contributed by atoms with Crippen molar-refractivity contribution in [2.24, 2.45) is 0 Å². The Hall–Kier alpha value is -1.02. The average molecular weight is 263 g/mol. The van der Waals surface area contributed by atoms with Crippen LogP contribution in [0.2, 0.25) is 0 Å². The first-order valence-corrected chi connectivity index (χ1v) is 7.49. The lowest BCUT2D eigenvalue weighted by atomic mass is 10.1. The normalized spacial score (nSPS) is 12.5. The fourth-order valence-electron chi connectivity index (χ4n) is 2.32. The zero-order valence-corrected chi connectivity index (χ0v) is 13.2. The van der Waals surface area contributed by atoms with E-state index in [2.05, 4.69) is 52.1 Å². The monoisotopic (exact) mass is 263 g/mol. The first-order valence-electron chi connectivity index (χ1n) is 7.49. The van der Waals surface area contributed by atoms with Gasteiger partial charge in [0.15, 0.2) is 0 Å². The van der Waals surface area contributed by atoms with Crippen LogP contribution in [-0.4, -0.2) is 19.2 Å². The van der Waals surface area contributed by atoms with Gasteiger partial charge in [-0.3, -0.25) is 0 Å². The van der Waals surface area contributed by atoms with Gasteiger partial charge in [-0.15, -0.1) is 0 Å². The highest BCUT2D eigenvalue weighted by molar-refractivity contribution is 5.44. The number of hydrogen-bond acceptors (Lipinski definition) is 2. The maximum atomic E-state index is 5.97. The summed E-state index contributed by atoms with van der Waals surface area (Å²) in [5.74, 6) is 1.08. The fraction of sp³-hybridized carbons (Fsp3) is 0.647. The van der Waals surface area contributed by atoms with Crippen LogP contribution in [0.1, 0.15) is 49.8 Å². The van der Waals surface area contributed by atoms with Crippen molar-refractivity contribution in [1.82, 2.24) is 5.32 Å². The van der Waals surface area contributed by atoms with E-state index in [1.54, 1.807) is 0 Å². The topological polar surface area (TPSA) is 21.3 Å². The zero-order chi connectivity index (χ0) is 14.3. The molecule has 0 saturated carbocycles. The Morgan fingerprint density at radius 1 is 1.11 bits per heavy atom. The maximum Gasteiger partial charge on any atom is 0.125 e. The van der Waals surface area contributed by atoms with Crippen molar-refractivity contribution >= 4 is 0 Å². The van der Waals surface area contributed by atoms with Crippen LogP contribution in [0, 0.1) is 20.8 Å². The second kappa shape index (κ2) is 8.21. The Labute approximate surface area is 118 Å². The van der Waals surface area contributed by atoms with Gasteiger partial charge in [-0.2, -0.15) is 0 Å². The Morgan fingerprint density at radius 2 is 1.79 bits per heavy atom. The largest absolute Gasteiger partial charge is 0.493 e.